The summed E-state index contributed by atoms with van der Waals surface area (Å²) in [7, 11) is -4.64. The third-order valence-electron chi connectivity index (χ3n) is 3.15. The van der Waals surface area contributed by atoms with Gasteiger partial charge in [-0.25, -0.2) is 4.57 Å². The van der Waals surface area contributed by atoms with E-state index in [1.54, 1.807) is 14.4 Å². The predicted octanol–water partition coefficient (Wildman–Crippen LogP) is 4.08. The van der Waals surface area contributed by atoms with Crippen LogP contribution in [0.4, 0.5) is 0 Å². The van der Waals surface area contributed by atoms with Gasteiger partial charge in [0.15, 0.2) is 0 Å². The van der Waals surface area contributed by atoms with Crippen LogP contribution in [0.15, 0.2) is 12.1 Å². The molecule has 0 aliphatic heterocycles. The van der Waals surface area contributed by atoms with E-state index in [9.17, 15) is 5.11 Å². The van der Waals surface area contributed by atoms with E-state index >= 15 is 0 Å². The van der Waals surface area contributed by atoms with Gasteiger partial charge in [0.25, 0.3) is 0 Å². The van der Waals surface area contributed by atoms with Crippen LogP contribution in [-0.2, 0) is 35.2 Å². The molecular weight excluding hydrogens is 374 g/mol. The van der Waals surface area contributed by atoms with E-state index in [0.29, 0.717) is 5.75 Å². The van der Waals surface area contributed by atoms with Crippen LogP contribution in [0.1, 0.15) is 65.2 Å². The quantitative estimate of drug-likeness (QED) is 0.449. The summed E-state index contributed by atoms with van der Waals surface area (Å²) in [5.41, 5.74) is 3.40. The number of aromatic hydroxyl groups is 1. The Bertz CT molecular complexity index is 538. The minimum Gasteiger partial charge on any atom is -0.303 e. The Morgan fingerprint density at radius 1 is 0.958 bits per heavy atom. The van der Waals surface area contributed by atoms with Crippen LogP contribution in [-0.4, -0.2) is 19.8 Å². The molecule has 7 heteroatoms. The summed E-state index contributed by atoms with van der Waals surface area (Å²) in [6.45, 7) is 15.1. The predicted molar refractivity (Wildman–Crippen MR) is 94.0 cm³/mol. The number of phenols is 1. The average Bonchev–Trinajstić information content (AvgIpc) is 2.32. The normalized spacial score (nSPS) is 12.8. The van der Waals surface area contributed by atoms with Crippen molar-refractivity contribution in [3.63, 3.8) is 0 Å². The molecule has 0 bridgehead atoms. The zero-order valence-corrected chi connectivity index (χ0v) is 17.4. The Kier molecular flexibility index (Phi) is 8.69. The van der Waals surface area contributed by atoms with Crippen LogP contribution < -0.4 is 0 Å². The number of benzene rings is 1. The number of phosphoric acid groups is 1. The first-order valence-corrected chi connectivity index (χ1v) is 10.6. The van der Waals surface area contributed by atoms with E-state index < -0.39 is 7.82 Å². The van der Waals surface area contributed by atoms with E-state index in [2.05, 4.69) is 60.6 Å². The molecule has 24 heavy (non-hydrogen) atoms. The van der Waals surface area contributed by atoms with Gasteiger partial charge >= 0.3 is 132 Å². The van der Waals surface area contributed by atoms with Crippen molar-refractivity contribution in [1.82, 2.24) is 0 Å². The van der Waals surface area contributed by atoms with Crippen LogP contribution in [0.25, 0.3) is 0 Å². The number of phenolic OH excluding ortho intramolecular Hbond substituents is 1. The molecule has 5 nitrogen and oxygen atoms in total. The molecule has 0 saturated heterocycles. The molecule has 0 atom stereocenters. The Morgan fingerprint density at radius 3 is 1.54 bits per heavy atom. The fourth-order valence-electron chi connectivity index (χ4n) is 2.07. The molecule has 0 aromatic heterocycles. The molecule has 1 aromatic carbocycles. The van der Waals surface area contributed by atoms with E-state index in [1.165, 1.54) is 5.56 Å². The fourth-order valence-corrected chi connectivity index (χ4v) is 2.81. The summed E-state index contributed by atoms with van der Waals surface area (Å²) in [4.78, 5) is 21.6. The van der Waals surface area contributed by atoms with Crippen molar-refractivity contribution in [3.05, 3.63) is 28.8 Å². The van der Waals surface area contributed by atoms with Crippen molar-refractivity contribution >= 4 is 7.82 Å². The Balaban J connectivity index is 0.000000922. The van der Waals surface area contributed by atoms with Crippen LogP contribution in [0.3, 0.4) is 0 Å². The van der Waals surface area contributed by atoms with Crippen LogP contribution in [0.5, 0.6) is 5.75 Å². The van der Waals surface area contributed by atoms with E-state index in [-0.39, 0.29) is 10.8 Å². The molecule has 0 heterocycles. The Labute approximate surface area is 151 Å². The molecule has 0 radical (unpaired) electrons. The summed E-state index contributed by atoms with van der Waals surface area (Å²) in [5.74, 6) is 0.479. The van der Waals surface area contributed by atoms with Crippen molar-refractivity contribution < 1.29 is 38.8 Å². The number of hydrogen-bond donors (Lipinski definition) is 4. The second-order valence-corrected chi connectivity index (χ2v) is 10.1. The van der Waals surface area contributed by atoms with Gasteiger partial charge in [-0.05, 0) is 0 Å². The van der Waals surface area contributed by atoms with Gasteiger partial charge in [-0.2, -0.15) is 0 Å². The van der Waals surface area contributed by atoms with Gasteiger partial charge in [-0.1, -0.05) is 0 Å². The van der Waals surface area contributed by atoms with E-state index in [1.807, 2.05) is 0 Å². The molecular formula is C17H31NiO5P. The smallest absolute Gasteiger partial charge is 0.303 e. The third kappa shape index (κ3) is 9.20. The molecule has 0 amide bonds. The average molecular weight is 405 g/mol. The molecule has 4 N–H and O–H groups in total. The zero-order chi connectivity index (χ0) is 19.3. The SMILES string of the molecule is C[CH2][Ni][CH2]c1cc(C(C)(C)C)c(O)c(C(C)(C)C)c1.O=P(O)(O)O. The molecule has 0 spiro atoms. The van der Waals surface area contributed by atoms with Crippen molar-refractivity contribution in [2.45, 2.75) is 70.1 Å². The molecule has 0 unspecified atom stereocenters. The largest absolute Gasteiger partial charge is 0.466 e. The first-order chi connectivity index (χ1) is 10.6. The van der Waals surface area contributed by atoms with Gasteiger partial charge in [0.1, 0.15) is 0 Å². The monoisotopic (exact) mass is 404 g/mol. The summed E-state index contributed by atoms with van der Waals surface area (Å²) in [5, 5.41) is 12.8. The van der Waals surface area contributed by atoms with Crippen molar-refractivity contribution in [2.24, 2.45) is 0 Å². The maximum absolute atomic E-state index is 10.6. The van der Waals surface area contributed by atoms with Crippen LogP contribution in [0.2, 0.25) is 5.39 Å². The van der Waals surface area contributed by atoms with Gasteiger partial charge in [-0.3, -0.25) is 0 Å². The summed E-state index contributed by atoms with van der Waals surface area (Å²) in [6, 6.07) is 4.36. The van der Waals surface area contributed by atoms with Gasteiger partial charge in [0, 0.05) is 0 Å². The first kappa shape index (κ1) is 23.6. The summed E-state index contributed by atoms with van der Waals surface area (Å²) >= 11 is 1.74. The molecule has 0 aliphatic rings. The van der Waals surface area contributed by atoms with Gasteiger partial charge in [0.2, 0.25) is 0 Å². The van der Waals surface area contributed by atoms with Crippen molar-refractivity contribution in [3.8, 4) is 5.75 Å². The summed E-state index contributed by atoms with van der Waals surface area (Å²) < 4.78 is 8.88. The molecule has 1 rings (SSSR count). The molecule has 0 fully saturated rings. The molecule has 1 aromatic rings. The Hall–Kier alpha value is -0.376. The molecule has 144 valence electrons. The maximum Gasteiger partial charge on any atom is 0.466 e. The Morgan fingerprint density at radius 2 is 1.29 bits per heavy atom. The molecule has 0 aliphatic carbocycles. The van der Waals surface area contributed by atoms with Gasteiger partial charge in [-0.15, -0.1) is 0 Å². The first-order valence-electron chi connectivity index (χ1n) is 7.67. The number of hydrogen-bond acceptors (Lipinski definition) is 2. The molecule has 0 saturated carbocycles. The minimum absolute atomic E-state index is 0.0285. The standard InChI is InChI=1S/C15H23O.C2H5.Ni.H3O4P/c1-10-8-11(14(2,3)4)13(16)12(9-10)15(5,6)7;1-2;;1-5(2,3)4/h8-9,16H,1H2,2-7H3;1H2,2H3;;(H3,1,2,3,4). The summed E-state index contributed by atoms with van der Waals surface area (Å²) in [6.07, 6.45) is 0. The zero-order valence-electron chi connectivity index (χ0n) is 15.5. The third-order valence-corrected chi connectivity index (χ3v) is 4.30. The van der Waals surface area contributed by atoms with Crippen molar-refractivity contribution in [2.75, 3.05) is 0 Å². The second-order valence-electron chi connectivity index (χ2n) is 7.55. The topological polar surface area (TPSA) is 98.0 Å². The van der Waals surface area contributed by atoms with Gasteiger partial charge < -0.3 is 14.7 Å². The van der Waals surface area contributed by atoms with Crippen LogP contribution >= 0.6 is 7.82 Å². The number of rotatable bonds is 3. The van der Waals surface area contributed by atoms with Gasteiger partial charge in [0.05, 0.1) is 0 Å². The van der Waals surface area contributed by atoms with E-state index in [4.69, 9.17) is 19.2 Å². The fraction of sp³-hybridized carbons (Fsp3) is 0.647. The minimum atomic E-state index is -4.64. The maximum atomic E-state index is 10.6. The van der Waals surface area contributed by atoms with E-state index in [0.717, 1.165) is 21.9 Å². The second kappa shape index (κ2) is 8.82. The van der Waals surface area contributed by atoms with Crippen LogP contribution in [0, 0.1) is 0 Å². The van der Waals surface area contributed by atoms with Crippen molar-refractivity contribution in [1.29, 1.82) is 0 Å².